The summed E-state index contributed by atoms with van der Waals surface area (Å²) in [5.74, 6) is 4.47. The van der Waals surface area contributed by atoms with Gasteiger partial charge < -0.3 is 9.84 Å². The largest absolute Gasteiger partial charge is 0.479 e. The molecule has 3 N–H and O–H groups in total. The molecule has 0 saturated carbocycles. The quantitative estimate of drug-likeness (QED) is 0.376. The molecule has 1 heterocycles. The second-order valence-corrected chi connectivity index (χ2v) is 5.90. The van der Waals surface area contributed by atoms with Gasteiger partial charge in [0, 0.05) is 0 Å². The first-order valence-corrected chi connectivity index (χ1v) is 7.13. The summed E-state index contributed by atoms with van der Waals surface area (Å²) in [5, 5.41) is 9.73. The second-order valence-electron chi connectivity index (χ2n) is 4.22. The van der Waals surface area contributed by atoms with Crippen LogP contribution in [0.3, 0.4) is 0 Å². The molecule has 1 aliphatic heterocycles. The molecule has 110 valence electrons. The van der Waals surface area contributed by atoms with Crippen molar-refractivity contribution in [1.29, 1.82) is 0 Å². The number of thioether (sulfide) groups is 1. The number of carbonyl (C=O) groups excluding carboxylic acids is 1. The molecular formula is C13H12N2O4S2. The van der Waals surface area contributed by atoms with Crippen molar-refractivity contribution in [2.45, 2.75) is 13.0 Å². The number of carbonyl (C=O) groups is 2. The van der Waals surface area contributed by atoms with E-state index in [9.17, 15) is 9.59 Å². The lowest BCUT2D eigenvalue weighted by atomic mass is 10.2. The fraction of sp³-hybridized carbons (Fsp3) is 0.154. The number of nitrogens with zero attached hydrogens (tertiary/aromatic N) is 1. The van der Waals surface area contributed by atoms with Crippen molar-refractivity contribution >= 4 is 46.3 Å². The van der Waals surface area contributed by atoms with E-state index in [0.717, 1.165) is 16.8 Å². The number of carboxylic acid groups (broad SMARTS) is 1. The molecule has 6 nitrogen and oxygen atoms in total. The maximum absolute atomic E-state index is 11.8. The molecule has 0 aromatic heterocycles. The lowest BCUT2D eigenvalue weighted by Gasteiger charge is -2.10. The van der Waals surface area contributed by atoms with Crippen LogP contribution in [0.2, 0.25) is 0 Å². The van der Waals surface area contributed by atoms with Crippen LogP contribution in [0.25, 0.3) is 6.08 Å². The third-order valence-electron chi connectivity index (χ3n) is 2.64. The average molecular weight is 324 g/mol. The molecule has 2 rings (SSSR count). The minimum atomic E-state index is -1.05. The third kappa shape index (κ3) is 3.60. The van der Waals surface area contributed by atoms with Gasteiger partial charge in [-0.1, -0.05) is 36.1 Å². The number of nitrogens with two attached hydrogens (primary N) is 1. The molecule has 1 saturated heterocycles. The Morgan fingerprint density at radius 3 is 2.86 bits per heavy atom. The molecule has 21 heavy (non-hydrogen) atoms. The Labute approximate surface area is 130 Å². The molecule has 0 bridgehead atoms. The Bertz CT molecular complexity index is 645. The highest BCUT2D eigenvalue weighted by Crippen LogP contribution is 2.30. The average Bonchev–Trinajstić information content (AvgIpc) is 2.66. The van der Waals surface area contributed by atoms with E-state index >= 15 is 0 Å². The van der Waals surface area contributed by atoms with E-state index in [1.807, 2.05) is 0 Å². The lowest BCUT2D eigenvalue weighted by molar-refractivity contribution is -0.144. The molecule has 1 aliphatic rings. The summed E-state index contributed by atoms with van der Waals surface area (Å²) in [6.07, 6.45) is 0.673. The van der Waals surface area contributed by atoms with Crippen molar-refractivity contribution in [3.8, 4) is 5.75 Å². The van der Waals surface area contributed by atoms with Crippen molar-refractivity contribution in [3.05, 3.63) is 34.7 Å². The summed E-state index contributed by atoms with van der Waals surface area (Å²) in [4.78, 5) is 23.0. The number of hydrogen-bond acceptors (Lipinski definition) is 6. The standard InChI is InChI=1S/C13H12N2O4S2/c1-7(12(17)18)19-9-4-2-3-8(5-9)6-10-11(16)15(14)13(20)21-10/h2-7H,14H2,1H3,(H,17,18)/b10-6-. The number of hydrogen-bond donors (Lipinski definition) is 2. The molecule has 1 aromatic carbocycles. The Balaban J connectivity index is 2.20. The zero-order valence-electron chi connectivity index (χ0n) is 11.0. The number of hydrazine groups is 1. The lowest BCUT2D eigenvalue weighted by Crippen LogP contribution is -2.34. The number of aliphatic carboxylic acids is 1. The van der Waals surface area contributed by atoms with Crippen molar-refractivity contribution in [1.82, 2.24) is 5.01 Å². The first-order chi connectivity index (χ1) is 9.88. The minimum Gasteiger partial charge on any atom is -0.479 e. The molecule has 0 aliphatic carbocycles. The van der Waals surface area contributed by atoms with Gasteiger partial charge in [0.15, 0.2) is 10.4 Å². The Hall–Kier alpha value is -1.90. The van der Waals surface area contributed by atoms with Gasteiger partial charge in [0.05, 0.1) is 4.91 Å². The Morgan fingerprint density at radius 2 is 2.29 bits per heavy atom. The van der Waals surface area contributed by atoms with Gasteiger partial charge in [-0.3, -0.25) is 4.79 Å². The summed E-state index contributed by atoms with van der Waals surface area (Å²) >= 11 is 6.05. The van der Waals surface area contributed by atoms with Gasteiger partial charge in [0.2, 0.25) is 0 Å². The molecule has 0 spiro atoms. The molecule has 1 unspecified atom stereocenters. The highest BCUT2D eigenvalue weighted by atomic mass is 32.2. The van der Waals surface area contributed by atoms with Crippen molar-refractivity contribution < 1.29 is 19.4 Å². The van der Waals surface area contributed by atoms with Gasteiger partial charge in [-0.05, 0) is 30.7 Å². The van der Waals surface area contributed by atoms with Crippen molar-refractivity contribution in [2.24, 2.45) is 5.84 Å². The first-order valence-electron chi connectivity index (χ1n) is 5.90. The summed E-state index contributed by atoms with van der Waals surface area (Å²) in [5.41, 5.74) is 0.694. The normalized spacial score (nSPS) is 18.2. The topological polar surface area (TPSA) is 92.9 Å². The maximum Gasteiger partial charge on any atom is 0.344 e. The zero-order valence-corrected chi connectivity index (χ0v) is 12.6. The summed E-state index contributed by atoms with van der Waals surface area (Å²) in [6, 6.07) is 6.76. The summed E-state index contributed by atoms with van der Waals surface area (Å²) in [6.45, 7) is 1.44. The van der Waals surface area contributed by atoms with Gasteiger partial charge in [0.25, 0.3) is 5.91 Å². The highest BCUT2D eigenvalue weighted by molar-refractivity contribution is 8.26. The number of ether oxygens (including phenoxy) is 1. The predicted octanol–water partition coefficient (Wildman–Crippen LogP) is 1.61. The monoisotopic (exact) mass is 324 g/mol. The zero-order chi connectivity index (χ0) is 15.6. The van der Waals surface area contributed by atoms with Crippen LogP contribution in [0.1, 0.15) is 12.5 Å². The van der Waals surface area contributed by atoms with Crippen LogP contribution < -0.4 is 10.6 Å². The van der Waals surface area contributed by atoms with Crippen molar-refractivity contribution in [3.63, 3.8) is 0 Å². The van der Waals surface area contributed by atoms with Crippen LogP contribution in [0, 0.1) is 0 Å². The van der Waals surface area contributed by atoms with Crippen LogP contribution in [0.4, 0.5) is 0 Å². The van der Waals surface area contributed by atoms with Crippen LogP contribution in [-0.2, 0) is 9.59 Å². The summed E-state index contributed by atoms with van der Waals surface area (Å²) in [7, 11) is 0. The molecular weight excluding hydrogens is 312 g/mol. The number of amides is 1. The fourth-order valence-corrected chi connectivity index (χ4v) is 2.67. The SMILES string of the molecule is CC(Oc1cccc(/C=C2\SC(=S)N(N)C2=O)c1)C(=O)O. The van der Waals surface area contributed by atoms with E-state index in [-0.39, 0.29) is 10.2 Å². The van der Waals surface area contributed by atoms with Gasteiger partial charge in [-0.25, -0.2) is 15.6 Å². The maximum atomic E-state index is 11.8. The number of carboxylic acids is 1. The predicted molar refractivity (Wildman–Crippen MR) is 83.4 cm³/mol. The third-order valence-corrected chi connectivity index (χ3v) is 3.97. The molecule has 1 atom stereocenters. The van der Waals surface area contributed by atoms with Crippen LogP contribution in [-0.4, -0.2) is 32.4 Å². The van der Waals surface area contributed by atoms with Gasteiger partial charge in [-0.15, -0.1) is 0 Å². The van der Waals surface area contributed by atoms with E-state index in [0.29, 0.717) is 16.2 Å². The smallest absolute Gasteiger partial charge is 0.344 e. The minimum absolute atomic E-state index is 0.290. The number of thiocarbonyl (C=S) groups is 1. The van der Waals surface area contributed by atoms with Gasteiger partial charge in [-0.2, -0.15) is 0 Å². The van der Waals surface area contributed by atoms with Gasteiger partial charge in [0.1, 0.15) is 5.75 Å². The van der Waals surface area contributed by atoms with Crippen LogP contribution >= 0.6 is 24.0 Å². The molecule has 1 aromatic rings. The molecule has 0 radical (unpaired) electrons. The second kappa shape index (κ2) is 6.25. The van der Waals surface area contributed by atoms with E-state index in [1.165, 1.54) is 6.92 Å². The Morgan fingerprint density at radius 1 is 1.57 bits per heavy atom. The first kappa shape index (κ1) is 15.5. The van der Waals surface area contributed by atoms with E-state index in [4.69, 9.17) is 27.9 Å². The number of benzene rings is 1. The van der Waals surface area contributed by atoms with Crippen molar-refractivity contribution in [2.75, 3.05) is 0 Å². The molecule has 1 amide bonds. The van der Waals surface area contributed by atoms with E-state index < -0.39 is 12.1 Å². The van der Waals surface area contributed by atoms with Gasteiger partial charge >= 0.3 is 5.97 Å². The fourth-order valence-electron chi connectivity index (χ4n) is 1.56. The highest BCUT2D eigenvalue weighted by Gasteiger charge is 2.29. The van der Waals surface area contributed by atoms with Crippen LogP contribution in [0.5, 0.6) is 5.75 Å². The molecule has 8 heteroatoms. The van der Waals surface area contributed by atoms with Crippen LogP contribution in [0.15, 0.2) is 29.2 Å². The Kier molecular flexibility index (Phi) is 4.61. The van der Waals surface area contributed by atoms with E-state index in [2.05, 4.69) is 0 Å². The molecule has 1 fully saturated rings. The number of rotatable bonds is 4. The van der Waals surface area contributed by atoms with E-state index in [1.54, 1.807) is 30.3 Å². The summed E-state index contributed by atoms with van der Waals surface area (Å²) < 4.78 is 5.56.